The maximum Gasteiger partial charge on any atom is 0.320 e. The van der Waals surface area contributed by atoms with Gasteiger partial charge in [0.15, 0.2) is 11.9 Å². The van der Waals surface area contributed by atoms with Crippen LogP contribution < -0.4 is 0 Å². The summed E-state index contributed by atoms with van der Waals surface area (Å²) in [6.07, 6.45) is -2.63. The summed E-state index contributed by atoms with van der Waals surface area (Å²) in [5, 5.41) is 20.4. The summed E-state index contributed by atoms with van der Waals surface area (Å²) in [5.74, 6) is -3.11. The number of hydrogen-bond donors (Lipinski definition) is 2. The highest BCUT2D eigenvalue weighted by molar-refractivity contribution is 5.92. The highest BCUT2D eigenvalue weighted by Crippen LogP contribution is 2.44. The van der Waals surface area contributed by atoms with Crippen molar-refractivity contribution in [3.8, 4) is 11.5 Å². The number of furan rings is 1. The van der Waals surface area contributed by atoms with Gasteiger partial charge in [-0.05, 0) is 18.2 Å². The Balaban J connectivity index is 1.63. The van der Waals surface area contributed by atoms with Gasteiger partial charge in [0.05, 0.1) is 6.61 Å². The molecule has 144 valence electrons. The molecular formula is C19H15F2N3O4. The molecule has 1 aliphatic heterocycles. The minimum atomic E-state index is -3.59. The van der Waals surface area contributed by atoms with Crippen molar-refractivity contribution in [1.29, 1.82) is 0 Å². The molecule has 4 heterocycles. The van der Waals surface area contributed by atoms with E-state index in [4.69, 9.17) is 9.15 Å². The average Bonchev–Trinajstić information content (AvgIpc) is 3.37. The molecule has 7 nitrogen and oxygen atoms in total. The first kappa shape index (κ1) is 17.2. The van der Waals surface area contributed by atoms with Gasteiger partial charge in [0.1, 0.15) is 29.4 Å². The van der Waals surface area contributed by atoms with E-state index in [1.807, 2.05) is 30.3 Å². The van der Waals surface area contributed by atoms with Crippen molar-refractivity contribution < 1.29 is 28.1 Å². The van der Waals surface area contributed by atoms with E-state index in [0.29, 0.717) is 22.4 Å². The van der Waals surface area contributed by atoms with Gasteiger partial charge in [0, 0.05) is 17.0 Å². The van der Waals surface area contributed by atoms with Gasteiger partial charge < -0.3 is 23.9 Å². The van der Waals surface area contributed by atoms with Crippen molar-refractivity contribution >= 4 is 22.0 Å². The zero-order chi connectivity index (χ0) is 19.5. The molecule has 0 amide bonds. The van der Waals surface area contributed by atoms with E-state index in [9.17, 15) is 19.0 Å². The van der Waals surface area contributed by atoms with Crippen molar-refractivity contribution in [3.05, 3.63) is 48.9 Å². The molecular weight excluding hydrogens is 372 g/mol. The predicted molar refractivity (Wildman–Crippen MR) is 94.7 cm³/mol. The zero-order valence-electron chi connectivity index (χ0n) is 14.4. The fourth-order valence-electron chi connectivity index (χ4n) is 3.57. The summed E-state index contributed by atoms with van der Waals surface area (Å²) in [7, 11) is 0. The number of ether oxygens (including phenoxy) is 1. The molecule has 0 spiro atoms. The fourth-order valence-corrected chi connectivity index (χ4v) is 3.57. The number of halogens is 2. The number of fused-ring (bicyclic) bond motifs is 2. The van der Waals surface area contributed by atoms with Crippen molar-refractivity contribution in [3.63, 3.8) is 0 Å². The molecule has 1 aliphatic rings. The Labute approximate surface area is 156 Å². The molecule has 1 fully saturated rings. The summed E-state index contributed by atoms with van der Waals surface area (Å²) in [6.45, 7) is -0.717. The number of nitrogens with zero attached hydrogens (tertiary/aromatic N) is 3. The van der Waals surface area contributed by atoms with E-state index in [1.165, 1.54) is 12.5 Å². The van der Waals surface area contributed by atoms with Crippen molar-refractivity contribution in [2.75, 3.05) is 6.61 Å². The van der Waals surface area contributed by atoms with Crippen LogP contribution >= 0.6 is 0 Å². The Hall–Kier alpha value is -2.88. The van der Waals surface area contributed by atoms with Gasteiger partial charge in [-0.25, -0.2) is 9.97 Å². The van der Waals surface area contributed by atoms with Crippen LogP contribution in [0.1, 0.15) is 6.23 Å². The number of rotatable bonds is 3. The van der Waals surface area contributed by atoms with Crippen LogP contribution in [0.25, 0.3) is 33.5 Å². The molecule has 28 heavy (non-hydrogen) atoms. The molecule has 2 N–H and O–H groups in total. The first-order valence-corrected chi connectivity index (χ1v) is 8.63. The van der Waals surface area contributed by atoms with Gasteiger partial charge >= 0.3 is 5.92 Å². The Morgan fingerprint density at radius 2 is 2.00 bits per heavy atom. The lowest BCUT2D eigenvalue weighted by atomic mass is 10.1. The first-order valence-electron chi connectivity index (χ1n) is 8.63. The minimum Gasteiger partial charge on any atom is -0.454 e. The van der Waals surface area contributed by atoms with Crippen LogP contribution in [0.3, 0.4) is 0 Å². The predicted octanol–water partition coefficient (Wildman–Crippen LogP) is 2.73. The monoisotopic (exact) mass is 387 g/mol. The van der Waals surface area contributed by atoms with Crippen LogP contribution in [-0.2, 0) is 4.74 Å². The summed E-state index contributed by atoms with van der Waals surface area (Å²) in [5.41, 5.74) is 1.35. The summed E-state index contributed by atoms with van der Waals surface area (Å²) < 4.78 is 41.2. The third-order valence-corrected chi connectivity index (χ3v) is 4.98. The van der Waals surface area contributed by atoms with Gasteiger partial charge in [0.2, 0.25) is 6.23 Å². The van der Waals surface area contributed by atoms with Gasteiger partial charge in [-0.2, -0.15) is 8.78 Å². The number of hydrogen-bond acceptors (Lipinski definition) is 6. The molecule has 1 saturated heterocycles. The van der Waals surface area contributed by atoms with Crippen LogP contribution in [0.15, 0.2) is 53.3 Å². The second kappa shape index (κ2) is 6.06. The lowest BCUT2D eigenvalue weighted by Gasteiger charge is -2.21. The summed E-state index contributed by atoms with van der Waals surface area (Å²) in [4.78, 5) is 8.38. The topological polar surface area (TPSA) is 93.5 Å². The van der Waals surface area contributed by atoms with Crippen LogP contribution in [0.5, 0.6) is 0 Å². The summed E-state index contributed by atoms with van der Waals surface area (Å²) >= 11 is 0. The SMILES string of the molecule is OC[C@H]1O[C@@H](n2ccc3c(-c4cc5ccccc5o4)ncnc32)C(F)(F)[C@@H]1O. The number of alkyl halides is 2. The highest BCUT2D eigenvalue weighted by Gasteiger charge is 2.59. The normalized spacial score (nSPS) is 24.4. The molecule has 5 rings (SSSR count). The maximum absolute atomic E-state index is 14.5. The summed E-state index contributed by atoms with van der Waals surface area (Å²) in [6, 6.07) is 10.9. The van der Waals surface area contributed by atoms with E-state index in [0.717, 1.165) is 9.95 Å². The third kappa shape index (κ3) is 2.37. The van der Waals surface area contributed by atoms with E-state index < -0.39 is 31.0 Å². The highest BCUT2D eigenvalue weighted by atomic mass is 19.3. The van der Waals surface area contributed by atoms with Crippen molar-refractivity contribution in [2.24, 2.45) is 0 Å². The molecule has 0 bridgehead atoms. The number of aliphatic hydroxyl groups excluding tert-OH is 2. The second-order valence-corrected chi connectivity index (χ2v) is 6.66. The molecule has 1 aromatic carbocycles. The quantitative estimate of drug-likeness (QED) is 0.562. The molecule has 3 aromatic heterocycles. The fraction of sp³-hybridized carbons (Fsp3) is 0.263. The number of aliphatic hydroxyl groups is 2. The lowest BCUT2D eigenvalue weighted by Crippen LogP contribution is -2.39. The Kier molecular flexibility index (Phi) is 3.73. The maximum atomic E-state index is 14.5. The van der Waals surface area contributed by atoms with Crippen molar-refractivity contribution in [2.45, 2.75) is 24.4 Å². The Bertz CT molecular complexity index is 1140. The number of para-hydroxylation sites is 1. The van der Waals surface area contributed by atoms with E-state index in [-0.39, 0.29) is 5.65 Å². The van der Waals surface area contributed by atoms with Gasteiger partial charge in [-0.15, -0.1) is 0 Å². The van der Waals surface area contributed by atoms with E-state index in [1.54, 1.807) is 6.07 Å². The standard InChI is InChI=1S/C19H15F2N3O4/c20-19(21)16(26)14(8-25)28-18(19)24-6-5-11-15(22-9-23-17(11)24)13-7-10-3-1-2-4-12(10)27-13/h1-7,9,14,16,18,25-26H,8H2/t14-,16-,18-/m1/s1. The first-order chi connectivity index (χ1) is 13.5. The minimum absolute atomic E-state index is 0.209. The molecule has 0 saturated carbocycles. The van der Waals surface area contributed by atoms with Crippen LogP contribution in [0.4, 0.5) is 8.78 Å². The van der Waals surface area contributed by atoms with Gasteiger partial charge in [0.25, 0.3) is 0 Å². The van der Waals surface area contributed by atoms with E-state index >= 15 is 0 Å². The molecule has 0 aliphatic carbocycles. The third-order valence-electron chi connectivity index (χ3n) is 4.98. The zero-order valence-corrected chi connectivity index (χ0v) is 14.4. The largest absolute Gasteiger partial charge is 0.454 e. The number of benzene rings is 1. The molecule has 4 aromatic rings. The van der Waals surface area contributed by atoms with Crippen LogP contribution in [0, 0.1) is 0 Å². The van der Waals surface area contributed by atoms with Crippen LogP contribution in [0.2, 0.25) is 0 Å². The molecule has 0 unspecified atom stereocenters. The van der Waals surface area contributed by atoms with Crippen LogP contribution in [-0.4, -0.2) is 49.5 Å². The van der Waals surface area contributed by atoms with E-state index in [2.05, 4.69) is 9.97 Å². The molecule has 9 heteroatoms. The van der Waals surface area contributed by atoms with Gasteiger partial charge in [-0.1, -0.05) is 18.2 Å². The van der Waals surface area contributed by atoms with Gasteiger partial charge in [-0.3, -0.25) is 0 Å². The average molecular weight is 387 g/mol. The Morgan fingerprint density at radius 1 is 1.18 bits per heavy atom. The molecule has 3 atom stereocenters. The Morgan fingerprint density at radius 3 is 2.75 bits per heavy atom. The second-order valence-electron chi connectivity index (χ2n) is 6.66. The van der Waals surface area contributed by atoms with Crippen molar-refractivity contribution in [1.82, 2.24) is 14.5 Å². The lowest BCUT2D eigenvalue weighted by molar-refractivity contribution is -0.138. The number of aromatic nitrogens is 3. The smallest absolute Gasteiger partial charge is 0.320 e. The molecule has 0 radical (unpaired) electrons.